The summed E-state index contributed by atoms with van der Waals surface area (Å²) in [6.45, 7) is 5.21. The van der Waals surface area contributed by atoms with Gasteiger partial charge in [-0.25, -0.2) is 0 Å². The van der Waals surface area contributed by atoms with Gasteiger partial charge in [0.05, 0.1) is 17.5 Å². The lowest BCUT2D eigenvalue weighted by atomic mass is 9.64. The van der Waals surface area contributed by atoms with E-state index in [4.69, 9.17) is 15.2 Å². The maximum absolute atomic E-state index is 9.77. The summed E-state index contributed by atoms with van der Waals surface area (Å²) in [7, 11) is 0. The van der Waals surface area contributed by atoms with Gasteiger partial charge < -0.3 is 25.6 Å². The number of nitrogen functional groups attached to an aromatic ring is 1. The fourth-order valence-corrected chi connectivity index (χ4v) is 2.56. The van der Waals surface area contributed by atoms with Crippen molar-refractivity contribution in [3.8, 4) is 11.5 Å². The van der Waals surface area contributed by atoms with Crippen LogP contribution in [0.4, 0.5) is 11.4 Å². The summed E-state index contributed by atoms with van der Waals surface area (Å²) in [5, 5.41) is 13.2. The molecule has 0 amide bonds. The number of rotatable bonds is 2. The van der Waals surface area contributed by atoms with E-state index in [1.165, 1.54) is 0 Å². The van der Waals surface area contributed by atoms with Gasteiger partial charge in [-0.15, -0.1) is 0 Å². The van der Waals surface area contributed by atoms with Gasteiger partial charge in [0.25, 0.3) is 0 Å². The van der Waals surface area contributed by atoms with Crippen LogP contribution in [-0.2, 0) is 0 Å². The summed E-state index contributed by atoms with van der Waals surface area (Å²) in [4.78, 5) is 0. The van der Waals surface area contributed by atoms with E-state index in [1.54, 1.807) is 6.07 Å². The largest absolute Gasteiger partial charge is 0.486 e. The van der Waals surface area contributed by atoms with Crippen LogP contribution < -0.4 is 20.5 Å². The van der Waals surface area contributed by atoms with Gasteiger partial charge in [0.1, 0.15) is 13.2 Å². The minimum absolute atomic E-state index is 0.139. The summed E-state index contributed by atoms with van der Waals surface area (Å²) in [5.74, 6) is 1.42. The second-order valence-corrected chi connectivity index (χ2v) is 5.85. The lowest BCUT2D eigenvalue weighted by Gasteiger charge is -2.50. The Balaban J connectivity index is 1.82. The number of ether oxygens (including phenoxy) is 2. The highest BCUT2D eigenvalue weighted by atomic mass is 16.6. The van der Waals surface area contributed by atoms with Crippen molar-refractivity contribution in [2.45, 2.75) is 32.4 Å². The van der Waals surface area contributed by atoms with Gasteiger partial charge in [0.15, 0.2) is 11.5 Å². The van der Waals surface area contributed by atoms with Crippen molar-refractivity contribution < 1.29 is 14.6 Å². The molecular weight excluding hydrogens is 244 g/mol. The Hall–Kier alpha value is -1.62. The Morgan fingerprint density at radius 2 is 1.89 bits per heavy atom. The molecule has 1 aliphatic carbocycles. The molecule has 1 heterocycles. The minimum Gasteiger partial charge on any atom is -0.486 e. The number of aliphatic hydroxyl groups excluding tert-OH is 1. The fourth-order valence-electron chi connectivity index (χ4n) is 2.56. The molecule has 1 fully saturated rings. The molecule has 0 aromatic heterocycles. The standard InChI is InChI=1S/C14H20N2O3/c1-14(2)12(7-13(14)17)16-9-6-11-10(5-8(9)15)18-3-4-19-11/h5-6,12-13,16-17H,3-4,7,15H2,1-2H3. The molecule has 0 saturated heterocycles. The first-order chi connectivity index (χ1) is 8.98. The Morgan fingerprint density at radius 3 is 2.47 bits per heavy atom. The van der Waals surface area contributed by atoms with Crippen molar-refractivity contribution >= 4 is 11.4 Å². The second-order valence-electron chi connectivity index (χ2n) is 5.85. The highest BCUT2D eigenvalue weighted by molar-refractivity contribution is 5.72. The van der Waals surface area contributed by atoms with E-state index in [-0.39, 0.29) is 17.6 Å². The van der Waals surface area contributed by atoms with Crippen molar-refractivity contribution in [3.05, 3.63) is 12.1 Å². The Kier molecular flexibility index (Phi) is 2.74. The summed E-state index contributed by atoms with van der Waals surface area (Å²) in [6, 6.07) is 3.89. The number of nitrogens with one attached hydrogen (secondary N) is 1. The van der Waals surface area contributed by atoms with Gasteiger partial charge in [0.2, 0.25) is 0 Å². The van der Waals surface area contributed by atoms with Crippen molar-refractivity contribution in [1.29, 1.82) is 0 Å². The normalized spacial score (nSPS) is 27.5. The third-order valence-electron chi connectivity index (χ3n) is 4.26. The molecule has 104 valence electrons. The first kappa shape index (κ1) is 12.4. The summed E-state index contributed by atoms with van der Waals surface area (Å²) < 4.78 is 11.0. The van der Waals surface area contributed by atoms with E-state index < -0.39 is 0 Å². The van der Waals surface area contributed by atoms with Gasteiger partial charge in [0, 0.05) is 23.6 Å². The predicted octanol–water partition coefficient (Wildman–Crippen LogP) is 1.61. The third-order valence-corrected chi connectivity index (χ3v) is 4.26. The maximum atomic E-state index is 9.77. The first-order valence-corrected chi connectivity index (χ1v) is 6.62. The van der Waals surface area contributed by atoms with E-state index in [1.807, 2.05) is 19.9 Å². The first-order valence-electron chi connectivity index (χ1n) is 6.62. The van der Waals surface area contributed by atoms with E-state index in [9.17, 15) is 5.11 Å². The molecule has 1 saturated carbocycles. The van der Waals surface area contributed by atoms with Crippen LogP contribution in [0.2, 0.25) is 0 Å². The van der Waals surface area contributed by atoms with Crippen LogP contribution in [-0.4, -0.2) is 30.5 Å². The molecule has 2 aliphatic rings. The zero-order valence-electron chi connectivity index (χ0n) is 11.3. The number of hydrogen-bond donors (Lipinski definition) is 3. The van der Waals surface area contributed by atoms with E-state index in [0.717, 1.165) is 17.9 Å². The minimum atomic E-state index is -0.261. The zero-order chi connectivity index (χ0) is 13.6. The van der Waals surface area contributed by atoms with E-state index in [0.29, 0.717) is 24.7 Å². The highest BCUT2D eigenvalue weighted by Crippen LogP contribution is 2.44. The topological polar surface area (TPSA) is 76.7 Å². The smallest absolute Gasteiger partial charge is 0.163 e. The summed E-state index contributed by atoms with van der Waals surface area (Å²) in [6.07, 6.45) is 0.476. The van der Waals surface area contributed by atoms with Crippen LogP contribution in [0, 0.1) is 5.41 Å². The van der Waals surface area contributed by atoms with Crippen molar-refractivity contribution in [3.63, 3.8) is 0 Å². The fraction of sp³-hybridized carbons (Fsp3) is 0.571. The molecule has 5 heteroatoms. The van der Waals surface area contributed by atoms with Gasteiger partial charge in [-0.05, 0) is 6.42 Å². The van der Waals surface area contributed by atoms with E-state index in [2.05, 4.69) is 5.32 Å². The van der Waals surface area contributed by atoms with Crippen molar-refractivity contribution in [2.75, 3.05) is 24.3 Å². The Labute approximate surface area is 112 Å². The van der Waals surface area contributed by atoms with Crippen LogP contribution in [0.5, 0.6) is 11.5 Å². The molecule has 0 radical (unpaired) electrons. The highest BCUT2D eigenvalue weighted by Gasteiger charge is 2.47. The van der Waals surface area contributed by atoms with Gasteiger partial charge in [-0.1, -0.05) is 13.8 Å². The monoisotopic (exact) mass is 264 g/mol. The predicted molar refractivity (Wildman–Crippen MR) is 73.7 cm³/mol. The summed E-state index contributed by atoms with van der Waals surface area (Å²) in [5.41, 5.74) is 7.38. The lowest BCUT2D eigenvalue weighted by molar-refractivity contribution is -0.0510. The molecule has 2 atom stereocenters. The van der Waals surface area contributed by atoms with Crippen LogP contribution in [0.3, 0.4) is 0 Å². The molecule has 4 N–H and O–H groups in total. The SMILES string of the molecule is CC1(C)C(O)CC1Nc1cc2c(cc1N)OCCO2. The quantitative estimate of drug-likeness (QED) is 0.707. The molecule has 0 spiro atoms. The Bertz CT molecular complexity index is 502. The lowest BCUT2D eigenvalue weighted by Crippen LogP contribution is -2.56. The van der Waals surface area contributed by atoms with Crippen LogP contribution in [0.25, 0.3) is 0 Å². The number of hydrogen-bond acceptors (Lipinski definition) is 5. The average Bonchev–Trinajstić information content (AvgIpc) is 2.39. The molecule has 3 rings (SSSR count). The van der Waals surface area contributed by atoms with Crippen molar-refractivity contribution in [2.24, 2.45) is 5.41 Å². The van der Waals surface area contributed by atoms with E-state index >= 15 is 0 Å². The van der Waals surface area contributed by atoms with Crippen LogP contribution in [0.15, 0.2) is 12.1 Å². The molecule has 1 aromatic carbocycles. The number of benzene rings is 1. The maximum Gasteiger partial charge on any atom is 0.163 e. The zero-order valence-corrected chi connectivity index (χ0v) is 11.3. The van der Waals surface area contributed by atoms with Crippen LogP contribution >= 0.6 is 0 Å². The third kappa shape index (κ3) is 1.98. The molecular formula is C14H20N2O3. The molecule has 2 unspecified atom stereocenters. The van der Waals surface area contributed by atoms with Gasteiger partial charge >= 0.3 is 0 Å². The van der Waals surface area contributed by atoms with Crippen LogP contribution in [0.1, 0.15) is 20.3 Å². The number of fused-ring (bicyclic) bond motifs is 1. The number of nitrogens with two attached hydrogens (primary N) is 1. The number of aliphatic hydroxyl groups is 1. The summed E-state index contributed by atoms with van der Waals surface area (Å²) >= 11 is 0. The van der Waals surface area contributed by atoms with Gasteiger partial charge in [-0.2, -0.15) is 0 Å². The molecule has 19 heavy (non-hydrogen) atoms. The van der Waals surface area contributed by atoms with Crippen molar-refractivity contribution in [1.82, 2.24) is 0 Å². The molecule has 1 aromatic rings. The molecule has 5 nitrogen and oxygen atoms in total. The molecule has 1 aliphatic heterocycles. The van der Waals surface area contributed by atoms with Gasteiger partial charge in [-0.3, -0.25) is 0 Å². The Morgan fingerprint density at radius 1 is 1.26 bits per heavy atom. The molecule has 0 bridgehead atoms. The number of anilines is 2. The average molecular weight is 264 g/mol. The second kappa shape index (κ2) is 4.20.